The SMILES string of the molecule is C[C@@H]1CC[C@@H]2CCCC(=O)[C@@H]21. The smallest absolute Gasteiger partial charge is 0.136 e. The number of fused-ring (bicyclic) bond motifs is 1. The number of ketones is 1. The normalized spacial score (nSPS) is 44.1. The fraction of sp³-hybridized carbons (Fsp3) is 0.900. The summed E-state index contributed by atoms with van der Waals surface area (Å²) < 4.78 is 0. The lowest BCUT2D eigenvalue weighted by molar-refractivity contribution is -0.127. The van der Waals surface area contributed by atoms with Crippen LogP contribution in [0.2, 0.25) is 0 Å². The maximum absolute atomic E-state index is 11.5. The van der Waals surface area contributed by atoms with Gasteiger partial charge >= 0.3 is 0 Å². The molecule has 0 aromatic heterocycles. The zero-order chi connectivity index (χ0) is 7.84. The molecule has 2 aliphatic carbocycles. The lowest BCUT2D eigenvalue weighted by atomic mass is 9.78. The summed E-state index contributed by atoms with van der Waals surface area (Å²) in [4.78, 5) is 11.5. The third-order valence-corrected chi connectivity index (χ3v) is 3.48. The van der Waals surface area contributed by atoms with Crippen LogP contribution in [-0.4, -0.2) is 5.78 Å². The van der Waals surface area contributed by atoms with E-state index in [-0.39, 0.29) is 0 Å². The van der Waals surface area contributed by atoms with Crippen molar-refractivity contribution in [2.24, 2.45) is 17.8 Å². The Hall–Kier alpha value is -0.330. The highest BCUT2D eigenvalue weighted by Gasteiger charge is 2.39. The first-order valence-corrected chi connectivity index (χ1v) is 4.82. The molecule has 0 aromatic carbocycles. The van der Waals surface area contributed by atoms with Gasteiger partial charge in [-0.3, -0.25) is 4.79 Å². The van der Waals surface area contributed by atoms with Crippen molar-refractivity contribution in [3.05, 3.63) is 0 Å². The Kier molecular flexibility index (Phi) is 1.74. The Balaban J connectivity index is 2.14. The van der Waals surface area contributed by atoms with Crippen LogP contribution in [0.4, 0.5) is 0 Å². The van der Waals surface area contributed by atoms with Crippen LogP contribution >= 0.6 is 0 Å². The Morgan fingerprint density at radius 2 is 2.09 bits per heavy atom. The second-order valence-corrected chi connectivity index (χ2v) is 4.20. The molecule has 2 aliphatic rings. The topological polar surface area (TPSA) is 17.1 Å². The van der Waals surface area contributed by atoms with Crippen molar-refractivity contribution in [1.82, 2.24) is 0 Å². The first-order chi connectivity index (χ1) is 5.29. The van der Waals surface area contributed by atoms with E-state index in [9.17, 15) is 4.79 Å². The molecule has 0 amide bonds. The van der Waals surface area contributed by atoms with Crippen molar-refractivity contribution in [1.29, 1.82) is 0 Å². The number of carbonyl (C=O) groups excluding carboxylic acids is 1. The monoisotopic (exact) mass is 152 g/mol. The van der Waals surface area contributed by atoms with E-state index in [0.717, 1.165) is 18.8 Å². The van der Waals surface area contributed by atoms with Gasteiger partial charge < -0.3 is 0 Å². The average Bonchev–Trinajstić information content (AvgIpc) is 2.34. The van der Waals surface area contributed by atoms with E-state index >= 15 is 0 Å². The fourth-order valence-electron chi connectivity index (χ4n) is 2.91. The molecular formula is C10H16O. The van der Waals surface area contributed by atoms with Crippen molar-refractivity contribution in [2.75, 3.05) is 0 Å². The van der Waals surface area contributed by atoms with Crippen LogP contribution in [0.15, 0.2) is 0 Å². The van der Waals surface area contributed by atoms with Gasteiger partial charge in [0.2, 0.25) is 0 Å². The van der Waals surface area contributed by atoms with Crippen LogP contribution in [0, 0.1) is 17.8 Å². The van der Waals surface area contributed by atoms with Gasteiger partial charge in [-0.05, 0) is 37.5 Å². The van der Waals surface area contributed by atoms with Gasteiger partial charge in [-0.2, -0.15) is 0 Å². The zero-order valence-electron chi connectivity index (χ0n) is 7.18. The van der Waals surface area contributed by atoms with E-state index in [2.05, 4.69) is 6.92 Å². The summed E-state index contributed by atoms with van der Waals surface area (Å²) in [6.07, 6.45) is 5.96. The minimum atomic E-state index is 0.462. The molecule has 0 spiro atoms. The van der Waals surface area contributed by atoms with Gasteiger partial charge in [-0.25, -0.2) is 0 Å². The van der Waals surface area contributed by atoms with Crippen LogP contribution in [0.1, 0.15) is 39.0 Å². The Morgan fingerprint density at radius 1 is 1.27 bits per heavy atom. The van der Waals surface area contributed by atoms with Gasteiger partial charge in [0, 0.05) is 12.3 Å². The summed E-state index contributed by atoms with van der Waals surface area (Å²) in [7, 11) is 0. The highest BCUT2D eigenvalue weighted by Crippen LogP contribution is 2.43. The quantitative estimate of drug-likeness (QED) is 0.521. The van der Waals surface area contributed by atoms with E-state index in [1.165, 1.54) is 19.3 Å². The molecule has 2 fully saturated rings. The first kappa shape index (κ1) is 7.33. The lowest BCUT2D eigenvalue weighted by Gasteiger charge is -2.26. The van der Waals surface area contributed by atoms with Crippen molar-refractivity contribution in [2.45, 2.75) is 39.0 Å². The fourth-order valence-corrected chi connectivity index (χ4v) is 2.91. The van der Waals surface area contributed by atoms with Crippen LogP contribution < -0.4 is 0 Å². The second kappa shape index (κ2) is 2.62. The molecule has 0 heterocycles. The number of carbonyl (C=O) groups is 1. The molecule has 11 heavy (non-hydrogen) atoms. The molecule has 0 radical (unpaired) electrons. The highest BCUT2D eigenvalue weighted by atomic mass is 16.1. The van der Waals surface area contributed by atoms with E-state index in [0.29, 0.717) is 17.6 Å². The molecule has 0 N–H and O–H groups in total. The van der Waals surface area contributed by atoms with Crippen LogP contribution in [0.3, 0.4) is 0 Å². The van der Waals surface area contributed by atoms with Crippen molar-refractivity contribution in [3.63, 3.8) is 0 Å². The molecule has 3 atom stereocenters. The summed E-state index contributed by atoms with van der Waals surface area (Å²) in [5, 5.41) is 0. The molecule has 0 bridgehead atoms. The Bertz CT molecular complexity index is 172. The van der Waals surface area contributed by atoms with Gasteiger partial charge in [0.05, 0.1) is 0 Å². The summed E-state index contributed by atoms with van der Waals surface area (Å²) in [6.45, 7) is 2.24. The minimum absolute atomic E-state index is 0.462. The summed E-state index contributed by atoms with van der Waals surface area (Å²) in [6, 6.07) is 0. The number of rotatable bonds is 0. The molecule has 0 aromatic rings. The van der Waals surface area contributed by atoms with Gasteiger partial charge in [-0.1, -0.05) is 6.92 Å². The molecule has 1 heteroatoms. The van der Waals surface area contributed by atoms with Gasteiger partial charge in [0.25, 0.3) is 0 Å². The molecule has 62 valence electrons. The number of hydrogen-bond donors (Lipinski definition) is 0. The van der Waals surface area contributed by atoms with Crippen molar-refractivity contribution >= 4 is 5.78 Å². The standard InChI is InChI=1S/C10H16O/c1-7-5-6-8-3-2-4-9(11)10(7)8/h7-8,10H,2-6H2,1H3/t7-,8+,10-/m1/s1. The minimum Gasteiger partial charge on any atom is -0.299 e. The second-order valence-electron chi connectivity index (χ2n) is 4.20. The predicted molar refractivity (Wildman–Crippen MR) is 44.2 cm³/mol. The molecule has 0 unspecified atom stereocenters. The molecule has 2 rings (SSSR count). The summed E-state index contributed by atoms with van der Waals surface area (Å²) >= 11 is 0. The maximum Gasteiger partial charge on any atom is 0.136 e. The molecule has 2 saturated carbocycles. The van der Waals surface area contributed by atoms with E-state index in [4.69, 9.17) is 0 Å². The lowest BCUT2D eigenvalue weighted by Crippen LogP contribution is -2.27. The van der Waals surface area contributed by atoms with Gasteiger partial charge in [0.15, 0.2) is 0 Å². The van der Waals surface area contributed by atoms with Gasteiger partial charge in [0.1, 0.15) is 5.78 Å². The summed E-state index contributed by atoms with van der Waals surface area (Å²) in [5.41, 5.74) is 0. The molecule has 0 saturated heterocycles. The first-order valence-electron chi connectivity index (χ1n) is 4.82. The maximum atomic E-state index is 11.5. The number of hydrogen-bond acceptors (Lipinski definition) is 1. The van der Waals surface area contributed by atoms with Crippen LogP contribution in [0.5, 0.6) is 0 Å². The van der Waals surface area contributed by atoms with Gasteiger partial charge in [-0.15, -0.1) is 0 Å². The molecule has 0 aliphatic heterocycles. The molecule has 1 nitrogen and oxygen atoms in total. The highest BCUT2D eigenvalue weighted by molar-refractivity contribution is 5.82. The third-order valence-electron chi connectivity index (χ3n) is 3.48. The predicted octanol–water partition coefficient (Wildman–Crippen LogP) is 2.40. The summed E-state index contributed by atoms with van der Waals surface area (Å²) in [5.74, 6) is 2.48. The van der Waals surface area contributed by atoms with E-state index in [1.54, 1.807) is 0 Å². The zero-order valence-corrected chi connectivity index (χ0v) is 7.18. The largest absolute Gasteiger partial charge is 0.299 e. The number of Topliss-reactive ketones (excluding diaryl/α,β-unsaturated/α-hetero) is 1. The average molecular weight is 152 g/mol. The third kappa shape index (κ3) is 1.11. The van der Waals surface area contributed by atoms with Crippen molar-refractivity contribution in [3.8, 4) is 0 Å². The Labute approximate surface area is 68.2 Å². The molecular weight excluding hydrogens is 136 g/mol. The van der Waals surface area contributed by atoms with Crippen molar-refractivity contribution < 1.29 is 4.79 Å². The Morgan fingerprint density at radius 3 is 2.82 bits per heavy atom. The van der Waals surface area contributed by atoms with Crippen LogP contribution in [-0.2, 0) is 4.79 Å². The van der Waals surface area contributed by atoms with Crippen LogP contribution in [0.25, 0.3) is 0 Å². The van der Waals surface area contributed by atoms with E-state index in [1.807, 2.05) is 0 Å². The van der Waals surface area contributed by atoms with E-state index < -0.39 is 0 Å².